The van der Waals surface area contributed by atoms with E-state index in [2.05, 4.69) is 0 Å². The molecule has 0 saturated heterocycles. The second kappa shape index (κ2) is 4.89. The van der Waals surface area contributed by atoms with Crippen LogP contribution < -0.4 is 9.79 Å². The van der Waals surface area contributed by atoms with Crippen LogP contribution in [-0.2, 0) is 9.72 Å². The van der Waals surface area contributed by atoms with Gasteiger partial charge in [0.05, 0.1) is 0 Å². The van der Waals surface area contributed by atoms with Crippen LogP contribution >= 0.6 is 19.2 Å². The summed E-state index contributed by atoms with van der Waals surface area (Å²) in [4.78, 5) is 22.9. The zero-order valence-electron chi connectivity index (χ0n) is 9.27. The zero-order valence-corrected chi connectivity index (χ0v) is 10.9. The largest absolute Gasteiger partial charge is 0.810 e. The molecule has 0 amide bonds. The SMILES string of the molecule is CCC(CC)(c1ccc(Cl)cc1)P(=O)([O-])[O-]. The highest BCUT2D eigenvalue weighted by atomic mass is 35.5. The molecule has 1 rings (SSSR count). The Bertz CT molecular complexity index is 392. The van der Waals surface area contributed by atoms with E-state index in [1.807, 2.05) is 0 Å². The molecule has 1 aromatic carbocycles. The summed E-state index contributed by atoms with van der Waals surface area (Å²) in [6.07, 6.45) is 0.546. The van der Waals surface area contributed by atoms with Crippen molar-refractivity contribution in [3.05, 3.63) is 34.9 Å². The molecule has 0 heterocycles. The van der Waals surface area contributed by atoms with Crippen LogP contribution in [0.5, 0.6) is 0 Å². The van der Waals surface area contributed by atoms with Crippen LogP contribution in [0.2, 0.25) is 5.02 Å². The highest BCUT2D eigenvalue weighted by molar-refractivity contribution is 7.50. The molecule has 3 nitrogen and oxygen atoms in total. The van der Waals surface area contributed by atoms with Crippen molar-refractivity contribution in [3.63, 3.8) is 0 Å². The minimum Gasteiger partial charge on any atom is -0.810 e. The van der Waals surface area contributed by atoms with E-state index in [-0.39, 0.29) is 12.8 Å². The van der Waals surface area contributed by atoms with Crippen LogP contribution in [-0.4, -0.2) is 0 Å². The first-order valence-electron chi connectivity index (χ1n) is 5.15. The number of hydrogen-bond donors (Lipinski definition) is 0. The molecular weight excluding hydrogens is 247 g/mol. The maximum atomic E-state index is 11.4. The van der Waals surface area contributed by atoms with Gasteiger partial charge < -0.3 is 14.4 Å². The Hall–Kier alpha value is -0.340. The van der Waals surface area contributed by atoms with Crippen molar-refractivity contribution in [2.45, 2.75) is 31.8 Å². The van der Waals surface area contributed by atoms with Gasteiger partial charge in [-0.2, -0.15) is 0 Å². The molecule has 0 aromatic heterocycles. The third kappa shape index (κ3) is 2.33. The quantitative estimate of drug-likeness (QED) is 0.780. The standard InChI is InChI=1S/C11H16ClO3P/c1-3-11(4-2,16(13,14)15)9-5-7-10(12)8-6-9/h5-8H,3-4H2,1-2H3,(H2,13,14,15)/p-2. The molecule has 0 radical (unpaired) electrons. The first-order valence-corrected chi connectivity index (χ1v) is 7.07. The number of rotatable bonds is 4. The van der Waals surface area contributed by atoms with Crippen molar-refractivity contribution in [2.75, 3.05) is 0 Å². The van der Waals surface area contributed by atoms with E-state index in [9.17, 15) is 14.4 Å². The fraction of sp³-hybridized carbons (Fsp3) is 0.455. The van der Waals surface area contributed by atoms with Gasteiger partial charge in [-0.1, -0.05) is 45.2 Å². The van der Waals surface area contributed by atoms with Gasteiger partial charge in [-0.25, -0.2) is 0 Å². The maximum Gasteiger partial charge on any atom is 0.0406 e. The van der Waals surface area contributed by atoms with E-state index in [4.69, 9.17) is 11.6 Å². The van der Waals surface area contributed by atoms with Gasteiger partial charge in [0.1, 0.15) is 0 Å². The first kappa shape index (κ1) is 13.7. The zero-order chi connectivity index (χ0) is 12.4. The topological polar surface area (TPSA) is 63.2 Å². The predicted octanol–water partition coefficient (Wildman–Crippen LogP) is 2.27. The molecule has 16 heavy (non-hydrogen) atoms. The molecule has 0 spiro atoms. The molecular formula is C11H14ClO3P-2. The molecule has 0 atom stereocenters. The van der Waals surface area contributed by atoms with E-state index in [1.54, 1.807) is 38.1 Å². The molecule has 0 unspecified atom stereocenters. The fourth-order valence-electron chi connectivity index (χ4n) is 1.96. The Balaban J connectivity index is 3.32. The average Bonchev–Trinajstić information content (AvgIpc) is 2.21. The molecule has 0 N–H and O–H groups in total. The third-order valence-corrected chi connectivity index (χ3v) is 5.27. The summed E-state index contributed by atoms with van der Waals surface area (Å²) in [5.74, 6) is 0. The normalized spacial score (nSPS) is 12.8. The van der Waals surface area contributed by atoms with Crippen molar-refractivity contribution < 1.29 is 14.4 Å². The molecule has 0 aliphatic rings. The monoisotopic (exact) mass is 260 g/mol. The van der Waals surface area contributed by atoms with Gasteiger partial charge in [-0.3, -0.25) is 0 Å². The summed E-state index contributed by atoms with van der Waals surface area (Å²) in [5, 5.41) is -0.783. The molecule has 0 aliphatic heterocycles. The van der Waals surface area contributed by atoms with Gasteiger partial charge in [0.2, 0.25) is 0 Å². The maximum absolute atomic E-state index is 11.4. The summed E-state index contributed by atoms with van der Waals surface area (Å²) in [6.45, 7) is 3.42. The van der Waals surface area contributed by atoms with Crippen LogP contribution in [0.3, 0.4) is 0 Å². The van der Waals surface area contributed by atoms with Crippen molar-refractivity contribution in [1.82, 2.24) is 0 Å². The van der Waals surface area contributed by atoms with Gasteiger partial charge >= 0.3 is 0 Å². The smallest absolute Gasteiger partial charge is 0.0406 e. The highest BCUT2D eigenvalue weighted by Gasteiger charge is 2.32. The first-order chi connectivity index (χ1) is 7.37. The second-order valence-corrected chi connectivity index (χ2v) is 6.03. The van der Waals surface area contributed by atoms with E-state index >= 15 is 0 Å². The number of halogens is 1. The van der Waals surface area contributed by atoms with Crippen LogP contribution in [0.15, 0.2) is 24.3 Å². The second-order valence-electron chi connectivity index (χ2n) is 3.74. The van der Waals surface area contributed by atoms with Gasteiger partial charge in [-0.05, 0) is 30.5 Å². The van der Waals surface area contributed by atoms with Crippen LogP contribution in [0.1, 0.15) is 32.3 Å². The van der Waals surface area contributed by atoms with Crippen LogP contribution in [0.4, 0.5) is 0 Å². The third-order valence-electron chi connectivity index (χ3n) is 3.08. The summed E-state index contributed by atoms with van der Waals surface area (Å²) < 4.78 is 11.4. The summed E-state index contributed by atoms with van der Waals surface area (Å²) >= 11 is 5.74. The molecule has 0 fully saturated rings. The average molecular weight is 261 g/mol. The Morgan fingerprint density at radius 3 is 1.94 bits per heavy atom. The molecule has 1 aromatic rings. The number of hydrogen-bond acceptors (Lipinski definition) is 3. The lowest BCUT2D eigenvalue weighted by molar-refractivity contribution is -0.322. The summed E-state index contributed by atoms with van der Waals surface area (Å²) in [7, 11) is -4.69. The Morgan fingerprint density at radius 2 is 1.62 bits per heavy atom. The van der Waals surface area contributed by atoms with Crippen molar-refractivity contribution in [3.8, 4) is 0 Å². The van der Waals surface area contributed by atoms with E-state index in [0.29, 0.717) is 10.6 Å². The lowest BCUT2D eigenvalue weighted by Gasteiger charge is -2.49. The fourth-order valence-corrected chi connectivity index (χ4v) is 3.33. The van der Waals surface area contributed by atoms with Crippen LogP contribution in [0, 0.1) is 0 Å². The van der Waals surface area contributed by atoms with Crippen molar-refractivity contribution in [1.29, 1.82) is 0 Å². The predicted molar refractivity (Wildman–Crippen MR) is 61.3 cm³/mol. The van der Waals surface area contributed by atoms with E-state index < -0.39 is 12.8 Å². The van der Waals surface area contributed by atoms with Gasteiger partial charge in [0, 0.05) is 10.2 Å². The lowest BCUT2D eigenvalue weighted by atomic mass is 9.93. The van der Waals surface area contributed by atoms with Gasteiger partial charge in [0.15, 0.2) is 0 Å². The minimum absolute atomic E-state index is 0.273. The molecule has 0 saturated carbocycles. The van der Waals surface area contributed by atoms with Gasteiger partial charge in [-0.15, -0.1) is 0 Å². The van der Waals surface area contributed by atoms with Crippen LogP contribution in [0.25, 0.3) is 0 Å². The minimum atomic E-state index is -4.69. The van der Waals surface area contributed by atoms with E-state index in [0.717, 1.165) is 0 Å². The Morgan fingerprint density at radius 1 is 1.19 bits per heavy atom. The van der Waals surface area contributed by atoms with Crippen molar-refractivity contribution >= 4 is 19.2 Å². The Labute approximate surface area is 101 Å². The molecule has 0 aliphatic carbocycles. The highest BCUT2D eigenvalue weighted by Crippen LogP contribution is 2.55. The molecule has 5 heteroatoms. The molecule has 0 bridgehead atoms. The lowest BCUT2D eigenvalue weighted by Crippen LogP contribution is -2.36. The Kier molecular flexibility index (Phi) is 4.19. The summed E-state index contributed by atoms with van der Waals surface area (Å²) in [6, 6.07) is 6.43. The van der Waals surface area contributed by atoms with Crippen molar-refractivity contribution in [2.24, 2.45) is 0 Å². The number of benzene rings is 1. The van der Waals surface area contributed by atoms with E-state index in [1.165, 1.54) is 0 Å². The summed E-state index contributed by atoms with van der Waals surface area (Å²) in [5.41, 5.74) is 0.523. The van der Waals surface area contributed by atoms with Gasteiger partial charge in [0.25, 0.3) is 0 Å². The molecule has 90 valence electrons.